The lowest BCUT2D eigenvalue weighted by molar-refractivity contribution is -0.136. The molecular weight excluding hydrogens is 236 g/mol. The maximum absolute atomic E-state index is 10.8. The van der Waals surface area contributed by atoms with Gasteiger partial charge in [0.2, 0.25) is 0 Å². The third-order valence-electron chi connectivity index (χ3n) is 2.94. The molecule has 1 aromatic rings. The van der Waals surface area contributed by atoms with Gasteiger partial charge in [0.05, 0.1) is 12.1 Å². The molecule has 0 aliphatic carbocycles. The highest BCUT2D eigenvalue weighted by Gasteiger charge is 2.19. The number of hydrogen-bond acceptors (Lipinski definition) is 4. The Morgan fingerprint density at radius 1 is 1.47 bits per heavy atom. The lowest BCUT2D eigenvalue weighted by Crippen LogP contribution is -2.17. The fourth-order valence-corrected chi connectivity index (χ4v) is 3.27. The second kappa shape index (κ2) is 5.49. The van der Waals surface area contributed by atoms with Crippen LogP contribution in [-0.2, 0) is 17.6 Å². The number of thiazole rings is 1. The average molecular weight is 254 g/mol. The predicted molar refractivity (Wildman–Crippen MR) is 68.9 cm³/mol. The minimum Gasteiger partial charge on any atom is -0.481 e. The minimum atomic E-state index is -0.765. The molecule has 17 heavy (non-hydrogen) atoms. The molecular formula is C12H18N2O2S. The quantitative estimate of drug-likeness (QED) is 0.876. The van der Waals surface area contributed by atoms with Crippen LogP contribution in [0.4, 0.5) is 5.13 Å². The molecule has 0 atom stereocenters. The standard InChI is InChI=1S/C12H18N2O2S/c1-2-5-9-10(8-11(15)16)17-12(13-9)14-6-3-4-7-14/h2-8H2,1H3,(H,15,16). The summed E-state index contributed by atoms with van der Waals surface area (Å²) in [6, 6.07) is 0. The zero-order valence-corrected chi connectivity index (χ0v) is 10.9. The highest BCUT2D eigenvalue weighted by molar-refractivity contribution is 7.15. The Balaban J connectivity index is 2.19. The van der Waals surface area contributed by atoms with Gasteiger partial charge in [-0.05, 0) is 19.3 Å². The summed E-state index contributed by atoms with van der Waals surface area (Å²) >= 11 is 1.56. The zero-order valence-electron chi connectivity index (χ0n) is 10.1. The Hall–Kier alpha value is -1.10. The van der Waals surface area contributed by atoms with E-state index in [0.717, 1.165) is 41.6 Å². The Kier molecular flexibility index (Phi) is 3.99. The van der Waals surface area contributed by atoms with Crippen LogP contribution in [0, 0.1) is 0 Å². The molecule has 1 aliphatic heterocycles. The molecule has 1 saturated heterocycles. The van der Waals surface area contributed by atoms with E-state index in [0.29, 0.717) is 0 Å². The SMILES string of the molecule is CCCc1nc(N2CCCC2)sc1CC(=O)O. The van der Waals surface area contributed by atoms with Crippen molar-refractivity contribution in [2.75, 3.05) is 18.0 Å². The molecule has 1 N–H and O–H groups in total. The third-order valence-corrected chi connectivity index (χ3v) is 4.10. The number of carboxylic acids is 1. The van der Waals surface area contributed by atoms with Crippen LogP contribution in [0.5, 0.6) is 0 Å². The molecule has 0 unspecified atom stereocenters. The Morgan fingerprint density at radius 3 is 2.76 bits per heavy atom. The number of aromatic nitrogens is 1. The minimum absolute atomic E-state index is 0.112. The maximum atomic E-state index is 10.8. The molecule has 1 aromatic heterocycles. The van der Waals surface area contributed by atoms with Crippen LogP contribution in [0.3, 0.4) is 0 Å². The summed E-state index contributed by atoms with van der Waals surface area (Å²) in [6.45, 7) is 4.22. The van der Waals surface area contributed by atoms with Gasteiger partial charge in [-0.25, -0.2) is 4.98 Å². The van der Waals surface area contributed by atoms with E-state index in [-0.39, 0.29) is 6.42 Å². The van der Waals surface area contributed by atoms with Gasteiger partial charge in [-0.3, -0.25) is 4.79 Å². The molecule has 0 amide bonds. The summed E-state index contributed by atoms with van der Waals surface area (Å²) in [6.07, 6.45) is 4.44. The van der Waals surface area contributed by atoms with E-state index in [1.807, 2.05) is 0 Å². The largest absolute Gasteiger partial charge is 0.481 e. The number of aliphatic carboxylic acids is 1. The van der Waals surface area contributed by atoms with Crippen molar-refractivity contribution in [2.45, 2.75) is 39.0 Å². The van der Waals surface area contributed by atoms with Gasteiger partial charge in [-0.1, -0.05) is 13.3 Å². The molecule has 5 heteroatoms. The molecule has 0 saturated carbocycles. The molecule has 94 valence electrons. The number of rotatable bonds is 5. The highest BCUT2D eigenvalue weighted by Crippen LogP contribution is 2.30. The molecule has 2 heterocycles. The van der Waals surface area contributed by atoms with Gasteiger partial charge in [-0.15, -0.1) is 11.3 Å². The summed E-state index contributed by atoms with van der Waals surface area (Å²) in [7, 11) is 0. The second-order valence-corrected chi connectivity index (χ2v) is 5.44. The first-order chi connectivity index (χ1) is 8.20. The van der Waals surface area contributed by atoms with Gasteiger partial charge >= 0.3 is 5.97 Å². The van der Waals surface area contributed by atoms with E-state index in [2.05, 4.69) is 16.8 Å². The highest BCUT2D eigenvalue weighted by atomic mass is 32.1. The van der Waals surface area contributed by atoms with E-state index in [1.165, 1.54) is 12.8 Å². The van der Waals surface area contributed by atoms with Gasteiger partial charge < -0.3 is 10.0 Å². The predicted octanol–water partition coefficient (Wildman–Crippen LogP) is 2.32. The van der Waals surface area contributed by atoms with Crippen molar-refractivity contribution in [3.63, 3.8) is 0 Å². The molecule has 0 bridgehead atoms. The van der Waals surface area contributed by atoms with Crippen LogP contribution in [0.15, 0.2) is 0 Å². The van der Waals surface area contributed by atoms with Crippen molar-refractivity contribution in [3.05, 3.63) is 10.6 Å². The van der Waals surface area contributed by atoms with Crippen LogP contribution in [-0.4, -0.2) is 29.1 Å². The van der Waals surface area contributed by atoms with Crippen LogP contribution in [0.25, 0.3) is 0 Å². The van der Waals surface area contributed by atoms with Crippen molar-refractivity contribution in [1.82, 2.24) is 4.98 Å². The second-order valence-electron chi connectivity index (χ2n) is 4.38. The normalized spacial score (nSPS) is 15.5. The third kappa shape index (κ3) is 2.97. The van der Waals surface area contributed by atoms with Crippen LogP contribution in [0.2, 0.25) is 0 Å². The summed E-state index contributed by atoms with van der Waals surface area (Å²) in [4.78, 5) is 18.6. The van der Waals surface area contributed by atoms with E-state index >= 15 is 0 Å². The van der Waals surface area contributed by atoms with Crippen LogP contribution >= 0.6 is 11.3 Å². The fraction of sp³-hybridized carbons (Fsp3) is 0.667. The van der Waals surface area contributed by atoms with Crippen molar-refractivity contribution in [1.29, 1.82) is 0 Å². The van der Waals surface area contributed by atoms with E-state index in [9.17, 15) is 4.79 Å². The van der Waals surface area contributed by atoms with Gasteiger partial charge in [-0.2, -0.15) is 0 Å². The van der Waals surface area contributed by atoms with Gasteiger partial charge in [0.15, 0.2) is 5.13 Å². The molecule has 1 fully saturated rings. The van der Waals surface area contributed by atoms with E-state index in [4.69, 9.17) is 5.11 Å². The van der Waals surface area contributed by atoms with Crippen molar-refractivity contribution < 1.29 is 9.90 Å². The monoisotopic (exact) mass is 254 g/mol. The Labute approximate surface area is 105 Å². The smallest absolute Gasteiger partial charge is 0.308 e. The van der Waals surface area contributed by atoms with Crippen LogP contribution in [0.1, 0.15) is 36.8 Å². The topological polar surface area (TPSA) is 53.4 Å². The number of aryl methyl sites for hydroxylation is 1. The summed E-state index contributed by atoms with van der Waals surface area (Å²) in [5.41, 5.74) is 0.988. The molecule has 0 spiro atoms. The Morgan fingerprint density at radius 2 is 2.18 bits per heavy atom. The number of anilines is 1. The first-order valence-electron chi connectivity index (χ1n) is 6.16. The number of carboxylic acid groups (broad SMARTS) is 1. The zero-order chi connectivity index (χ0) is 12.3. The molecule has 0 radical (unpaired) electrons. The van der Waals surface area contributed by atoms with E-state index < -0.39 is 5.97 Å². The summed E-state index contributed by atoms with van der Waals surface area (Å²) in [5.74, 6) is -0.765. The summed E-state index contributed by atoms with van der Waals surface area (Å²) < 4.78 is 0. The molecule has 1 aliphatic rings. The van der Waals surface area contributed by atoms with Crippen molar-refractivity contribution in [3.8, 4) is 0 Å². The van der Waals surface area contributed by atoms with Gasteiger partial charge in [0, 0.05) is 18.0 Å². The van der Waals surface area contributed by atoms with Gasteiger partial charge in [0.1, 0.15) is 0 Å². The molecule has 2 rings (SSSR count). The fourth-order valence-electron chi connectivity index (χ4n) is 2.12. The lowest BCUT2D eigenvalue weighted by atomic mass is 10.2. The van der Waals surface area contributed by atoms with Crippen LogP contribution < -0.4 is 4.90 Å². The maximum Gasteiger partial charge on any atom is 0.308 e. The number of nitrogens with zero attached hydrogens (tertiary/aromatic N) is 2. The average Bonchev–Trinajstić information content (AvgIpc) is 2.87. The first kappa shape index (κ1) is 12.4. The molecule has 4 nitrogen and oxygen atoms in total. The lowest BCUT2D eigenvalue weighted by Gasteiger charge is -2.12. The number of carbonyl (C=O) groups is 1. The molecule has 0 aromatic carbocycles. The first-order valence-corrected chi connectivity index (χ1v) is 6.97. The Bertz CT molecular complexity index is 397. The van der Waals surface area contributed by atoms with Crippen molar-refractivity contribution in [2.24, 2.45) is 0 Å². The van der Waals surface area contributed by atoms with Gasteiger partial charge in [0.25, 0.3) is 0 Å². The number of hydrogen-bond donors (Lipinski definition) is 1. The van der Waals surface area contributed by atoms with Crippen molar-refractivity contribution >= 4 is 22.4 Å². The van der Waals surface area contributed by atoms with E-state index in [1.54, 1.807) is 11.3 Å². The summed E-state index contributed by atoms with van der Waals surface area (Å²) in [5, 5.41) is 9.92.